The van der Waals surface area contributed by atoms with Gasteiger partial charge in [0.05, 0.1) is 47.0 Å². The highest BCUT2D eigenvalue weighted by molar-refractivity contribution is 6.14. The van der Waals surface area contributed by atoms with Gasteiger partial charge in [0.2, 0.25) is 0 Å². The zero-order valence-corrected chi connectivity index (χ0v) is 12.6. The van der Waals surface area contributed by atoms with Crippen molar-refractivity contribution in [1.29, 1.82) is 0 Å². The largest absolute Gasteiger partial charge is 0.249 e. The first-order valence-electron chi connectivity index (χ1n) is 8.16. The summed E-state index contributed by atoms with van der Waals surface area (Å²) >= 11 is 0. The third-order valence-corrected chi connectivity index (χ3v) is 3.84. The van der Waals surface area contributed by atoms with Gasteiger partial charge in [-0.3, -0.25) is 0 Å². The highest BCUT2D eigenvalue weighted by Crippen LogP contribution is 2.20. The monoisotopic (exact) mass is 309 g/mol. The zero-order chi connectivity index (χ0) is 16.8. The van der Waals surface area contributed by atoms with Gasteiger partial charge in [0.15, 0.2) is 0 Å². The van der Waals surface area contributed by atoms with E-state index >= 15 is 0 Å². The van der Waals surface area contributed by atoms with Crippen molar-refractivity contribution in [2.24, 2.45) is 20.0 Å². The van der Waals surface area contributed by atoms with Gasteiger partial charge >= 0.3 is 0 Å². The van der Waals surface area contributed by atoms with Gasteiger partial charge < -0.3 is 0 Å². The molecule has 0 radical (unpaired) electrons. The standard InChI is InChI=1S/C20H12N4/c1-2-14-10-16-5-6-18(23-16)12-20-8-7-19(24-20)11-17-4-3-15(22-17)9-13(1)21-14/h1-12H/i1D. The molecular formula is C20H12N4. The van der Waals surface area contributed by atoms with Crippen LogP contribution in [0.3, 0.4) is 0 Å². The van der Waals surface area contributed by atoms with Crippen molar-refractivity contribution in [2.45, 2.75) is 0 Å². The van der Waals surface area contributed by atoms with E-state index in [0.717, 1.165) is 39.9 Å². The fraction of sp³-hybridized carbons (Fsp3) is 0. The molecule has 0 saturated carbocycles. The van der Waals surface area contributed by atoms with Crippen molar-refractivity contribution < 1.29 is 1.37 Å². The molecule has 0 aromatic rings. The van der Waals surface area contributed by atoms with E-state index in [4.69, 9.17) is 1.37 Å². The Morgan fingerprint density at radius 2 is 0.833 bits per heavy atom. The first-order chi connectivity index (χ1) is 12.2. The summed E-state index contributed by atoms with van der Waals surface area (Å²) in [6.45, 7) is 0. The summed E-state index contributed by atoms with van der Waals surface area (Å²) in [5.41, 5.74) is 6.33. The molecule has 5 aliphatic heterocycles. The molecule has 5 aliphatic rings. The van der Waals surface area contributed by atoms with Gasteiger partial charge in [-0.1, -0.05) is 0 Å². The molecule has 24 heavy (non-hydrogen) atoms. The Labute approximate surface area is 140 Å². The van der Waals surface area contributed by atoms with Crippen LogP contribution < -0.4 is 0 Å². The molecule has 4 nitrogen and oxygen atoms in total. The van der Waals surface area contributed by atoms with E-state index in [0.29, 0.717) is 11.7 Å². The summed E-state index contributed by atoms with van der Waals surface area (Å²) in [6, 6.07) is 0.379. The maximum absolute atomic E-state index is 8.11. The van der Waals surface area contributed by atoms with Gasteiger partial charge in [0, 0.05) is 0 Å². The maximum atomic E-state index is 8.11. The molecular weight excluding hydrogens is 296 g/mol. The third kappa shape index (κ3) is 2.44. The van der Waals surface area contributed by atoms with Gasteiger partial charge in [0.25, 0.3) is 0 Å². The summed E-state index contributed by atoms with van der Waals surface area (Å²) < 4.78 is 8.11. The van der Waals surface area contributed by atoms with E-state index < -0.39 is 0 Å². The molecule has 112 valence electrons. The van der Waals surface area contributed by atoms with Crippen LogP contribution in [-0.4, -0.2) is 22.8 Å². The lowest BCUT2D eigenvalue weighted by Crippen LogP contribution is -1.89. The summed E-state index contributed by atoms with van der Waals surface area (Å²) in [5, 5.41) is 0. The molecule has 0 aliphatic carbocycles. The minimum Gasteiger partial charge on any atom is -0.249 e. The predicted octanol–water partition coefficient (Wildman–Crippen LogP) is 3.58. The van der Waals surface area contributed by atoms with Gasteiger partial charge in [-0.2, -0.15) is 0 Å². The lowest BCUT2D eigenvalue weighted by atomic mass is 10.2. The molecule has 0 N–H and O–H groups in total. The molecule has 8 bridgehead atoms. The van der Waals surface area contributed by atoms with Crippen LogP contribution >= 0.6 is 0 Å². The molecule has 0 spiro atoms. The van der Waals surface area contributed by atoms with Crippen LogP contribution in [0.4, 0.5) is 0 Å². The van der Waals surface area contributed by atoms with Crippen LogP contribution in [0.25, 0.3) is 0 Å². The predicted molar refractivity (Wildman–Crippen MR) is 98.6 cm³/mol. The van der Waals surface area contributed by atoms with Gasteiger partial charge in [0.1, 0.15) is 0 Å². The first kappa shape index (κ1) is 12.1. The number of hydrogen-bond donors (Lipinski definition) is 0. The van der Waals surface area contributed by atoms with Crippen LogP contribution in [0.2, 0.25) is 0 Å². The second-order valence-corrected chi connectivity index (χ2v) is 5.67. The van der Waals surface area contributed by atoms with E-state index in [2.05, 4.69) is 20.0 Å². The van der Waals surface area contributed by atoms with Gasteiger partial charge in [-0.05, 0) is 72.9 Å². The molecule has 0 aromatic heterocycles. The number of allylic oxidation sites excluding steroid dienone is 12. The molecule has 0 aromatic carbocycles. The molecule has 0 atom stereocenters. The molecule has 0 unspecified atom stereocenters. The van der Waals surface area contributed by atoms with E-state index in [1.54, 1.807) is 6.08 Å². The third-order valence-electron chi connectivity index (χ3n) is 3.84. The lowest BCUT2D eigenvalue weighted by molar-refractivity contribution is 1.41. The zero-order valence-electron chi connectivity index (χ0n) is 13.6. The van der Waals surface area contributed by atoms with Crippen LogP contribution in [0, 0.1) is 0 Å². The molecule has 0 saturated heterocycles. The van der Waals surface area contributed by atoms with Gasteiger partial charge in [-0.25, -0.2) is 20.0 Å². The first-order valence-corrected chi connectivity index (χ1v) is 7.66. The summed E-state index contributed by atoms with van der Waals surface area (Å²) in [5.74, 6) is 0. The van der Waals surface area contributed by atoms with Gasteiger partial charge in [-0.15, -0.1) is 0 Å². The molecule has 4 heteroatoms. The minimum absolute atomic E-state index is 0.379. The lowest BCUT2D eigenvalue weighted by Gasteiger charge is -1.94. The average molecular weight is 309 g/mol. The summed E-state index contributed by atoms with van der Waals surface area (Å²) in [4.78, 5) is 18.2. The Kier molecular flexibility index (Phi) is 2.55. The van der Waals surface area contributed by atoms with E-state index in [-0.39, 0.29) is 0 Å². The topological polar surface area (TPSA) is 49.4 Å². The molecule has 0 fully saturated rings. The minimum atomic E-state index is 0.379. The number of nitrogens with zero attached hydrogens (tertiary/aromatic N) is 4. The van der Waals surface area contributed by atoms with Crippen molar-refractivity contribution >= 4 is 22.8 Å². The summed E-state index contributed by atoms with van der Waals surface area (Å²) in [7, 11) is 0. The van der Waals surface area contributed by atoms with Crippen molar-refractivity contribution in [2.75, 3.05) is 0 Å². The Balaban J connectivity index is 1.66. The second-order valence-electron chi connectivity index (χ2n) is 5.67. The quantitative estimate of drug-likeness (QED) is 0.657. The normalized spacial score (nSPS) is 23.7. The molecule has 0 amide bonds. The highest BCUT2D eigenvalue weighted by atomic mass is 14.8. The Morgan fingerprint density at radius 3 is 1.33 bits per heavy atom. The van der Waals surface area contributed by atoms with E-state index in [1.165, 1.54) is 0 Å². The fourth-order valence-corrected chi connectivity index (χ4v) is 2.76. The number of aliphatic imine (C=N–C) groups is 4. The highest BCUT2D eigenvalue weighted by Gasteiger charge is 2.11. The van der Waals surface area contributed by atoms with E-state index in [1.807, 2.05) is 60.8 Å². The second kappa shape index (κ2) is 5.06. The average Bonchev–Trinajstić information content (AvgIpc) is 3.33. The number of hydrogen-bond acceptors (Lipinski definition) is 4. The number of fused-ring (bicyclic) bond motifs is 4. The summed E-state index contributed by atoms with van der Waals surface area (Å²) in [6.07, 6.45) is 21.0. The van der Waals surface area contributed by atoms with Crippen LogP contribution in [0.5, 0.6) is 0 Å². The maximum Gasteiger partial charge on any atom is 0.0659 e. The SMILES string of the molecule is [2H]C1=CC2=NC1=CC1=NC(=CC3=NC(=CC4=NC(=C2)C=C4)C=C3)C=C1. The fourth-order valence-electron chi connectivity index (χ4n) is 2.76. The number of rotatable bonds is 0. The van der Waals surface area contributed by atoms with Crippen molar-refractivity contribution in [3.63, 3.8) is 0 Å². The Morgan fingerprint density at radius 1 is 0.458 bits per heavy atom. The Bertz CT molecular complexity index is 1080. The molecule has 5 heterocycles. The van der Waals surface area contributed by atoms with Crippen LogP contribution in [0.15, 0.2) is 116 Å². The van der Waals surface area contributed by atoms with Crippen molar-refractivity contribution in [3.05, 3.63) is 95.7 Å². The molecule has 5 rings (SSSR count). The van der Waals surface area contributed by atoms with Crippen molar-refractivity contribution in [1.82, 2.24) is 0 Å². The van der Waals surface area contributed by atoms with Crippen molar-refractivity contribution in [3.8, 4) is 0 Å². The smallest absolute Gasteiger partial charge is 0.0659 e. The van der Waals surface area contributed by atoms with Crippen LogP contribution in [-0.2, 0) is 0 Å². The van der Waals surface area contributed by atoms with E-state index in [9.17, 15) is 0 Å². The Hall–Kier alpha value is -3.40. The van der Waals surface area contributed by atoms with Crippen LogP contribution in [0.1, 0.15) is 1.37 Å².